The molecule has 0 bridgehead atoms. The lowest BCUT2D eigenvalue weighted by molar-refractivity contribution is 0.122. The maximum absolute atomic E-state index is 5.82. The van der Waals surface area contributed by atoms with E-state index in [2.05, 4.69) is 21.9 Å². The SMILES string of the molecule is CCCCn1nc(N2CCOCC2)nc1N. The summed E-state index contributed by atoms with van der Waals surface area (Å²) >= 11 is 0. The largest absolute Gasteiger partial charge is 0.378 e. The summed E-state index contributed by atoms with van der Waals surface area (Å²) in [4.78, 5) is 6.40. The van der Waals surface area contributed by atoms with Crippen molar-refractivity contribution in [2.45, 2.75) is 26.3 Å². The van der Waals surface area contributed by atoms with E-state index in [1.807, 2.05) is 0 Å². The quantitative estimate of drug-likeness (QED) is 0.808. The molecule has 1 aliphatic heterocycles. The minimum atomic E-state index is 0.509. The molecule has 0 aromatic carbocycles. The van der Waals surface area contributed by atoms with Crippen molar-refractivity contribution in [3.05, 3.63) is 0 Å². The number of anilines is 2. The molecular formula is C10H19N5O. The fourth-order valence-corrected chi connectivity index (χ4v) is 1.71. The van der Waals surface area contributed by atoms with Crippen LogP contribution >= 0.6 is 0 Å². The Morgan fingerprint density at radius 3 is 2.81 bits per heavy atom. The molecule has 16 heavy (non-hydrogen) atoms. The normalized spacial score (nSPS) is 16.7. The van der Waals surface area contributed by atoms with Gasteiger partial charge in [0.1, 0.15) is 0 Å². The Labute approximate surface area is 95.4 Å². The number of unbranched alkanes of at least 4 members (excludes halogenated alkanes) is 1. The van der Waals surface area contributed by atoms with Gasteiger partial charge in [-0.05, 0) is 6.42 Å². The van der Waals surface area contributed by atoms with Gasteiger partial charge in [-0.25, -0.2) is 4.68 Å². The Morgan fingerprint density at radius 2 is 2.12 bits per heavy atom. The maximum atomic E-state index is 5.82. The van der Waals surface area contributed by atoms with Crippen LogP contribution in [0.25, 0.3) is 0 Å². The average molecular weight is 225 g/mol. The van der Waals surface area contributed by atoms with Gasteiger partial charge in [-0.3, -0.25) is 0 Å². The van der Waals surface area contributed by atoms with Crippen molar-refractivity contribution in [1.29, 1.82) is 0 Å². The molecule has 1 fully saturated rings. The van der Waals surface area contributed by atoms with Crippen LogP contribution in [0.2, 0.25) is 0 Å². The zero-order valence-corrected chi connectivity index (χ0v) is 9.72. The van der Waals surface area contributed by atoms with Crippen LogP contribution in [0.4, 0.5) is 11.9 Å². The smallest absolute Gasteiger partial charge is 0.246 e. The van der Waals surface area contributed by atoms with E-state index in [4.69, 9.17) is 10.5 Å². The molecule has 2 heterocycles. The fourth-order valence-electron chi connectivity index (χ4n) is 1.71. The third kappa shape index (κ3) is 2.44. The van der Waals surface area contributed by atoms with Crippen LogP contribution in [0.15, 0.2) is 0 Å². The van der Waals surface area contributed by atoms with Gasteiger partial charge >= 0.3 is 0 Å². The van der Waals surface area contributed by atoms with Gasteiger partial charge in [-0.1, -0.05) is 13.3 Å². The molecule has 1 aliphatic rings. The molecule has 0 saturated carbocycles. The van der Waals surface area contributed by atoms with Gasteiger partial charge in [0.2, 0.25) is 11.9 Å². The van der Waals surface area contributed by atoms with E-state index in [-0.39, 0.29) is 0 Å². The van der Waals surface area contributed by atoms with Crippen LogP contribution in [-0.4, -0.2) is 41.1 Å². The lowest BCUT2D eigenvalue weighted by Gasteiger charge is -2.25. The summed E-state index contributed by atoms with van der Waals surface area (Å²) in [5, 5.41) is 4.42. The van der Waals surface area contributed by atoms with Gasteiger partial charge < -0.3 is 15.4 Å². The zero-order valence-electron chi connectivity index (χ0n) is 9.72. The molecule has 6 nitrogen and oxygen atoms in total. The molecule has 1 aromatic rings. The Hall–Kier alpha value is -1.30. The summed E-state index contributed by atoms with van der Waals surface area (Å²) in [6, 6.07) is 0. The number of hydrogen-bond acceptors (Lipinski definition) is 5. The highest BCUT2D eigenvalue weighted by Gasteiger charge is 2.16. The van der Waals surface area contributed by atoms with Gasteiger partial charge in [0.15, 0.2) is 0 Å². The minimum absolute atomic E-state index is 0.509. The first-order chi connectivity index (χ1) is 7.81. The number of nitrogens with two attached hydrogens (primary N) is 1. The second-order valence-electron chi connectivity index (χ2n) is 3.95. The molecule has 0 amide bonds. The summed E-state index contributed by atoms with van der Waals surface area (Å²) in [5.41, 5.74) is 5.82. The Morgan fingerprint density at radius 1 is 1.38 bits per heavy atom. The summed E-state index contributed by atoms with van der Waals surface area (Å²) in [6.45, 7) is 6.16. The molecule has 2 N–H and O–H groups in total. The molecule has 6 heteroatoms. The van der Waals surface area contributed by atoms with Crippen LogP contribution in [0, 0.1) is 0 Å². The van der Waals surface area contributed by atoms with E-state index >= 15 is 0 Å². The predicted octanol–water partition coefficient (Wildman–Crippen LogP) is 0.497. The first kappa shape index (κ1) is 11.2. The van der Waals surface area contributed by atoms with E-state index in [0.29, 0.717) is 5.95 Å². The summed E-state index contributed by atoms with van der Waals surface area (Å²) in [5.74, 6) is 1.24. The summed E-state index contributed by atoms with van der Waals surface area (Å²) < 4.78 is 7.07. The number of ether oxygens (including phenoxy) is 1. The Balaban J connectivity index is 2.03. The molecule has 1 saturated heterocycles. The molecule has 0 aliphatic carbocycles. The molecule has 1 aromatic heterocycles. The van der Waals surface area contributed by atoms with Crippen molar-refractivity contribution < 1.29 is 4.74 Å². The first-order valence-corrected chi connectivity index (χ1v) is 5.84. The van der Waals surface area contributed by atoms with E-state index in [0.717, 1.165) is 51.6 Å². The van der Waals surface area contributed by atoms with Gasteiger partial charge in [0, 0.05) is 19.6 Å². The third-order valence-corrected chi connectivity index (χ3v) is 2.71. The third-order valence-electron chi connectivity index (χ3n) is 2.71. The van der Waals surface area contributed by atoms with E-state index in [1.54, 1.807) is 4.68 Å². The fraction of sp³-hybridized carbons (Fsp3) is 0.800. The van der Waals surface area contributed by atoms with Crippen LogP contribution in [0.1, 0.15) is 19.8 Å². The van der Waals surface area contributed by atoms with Crippen molar-refractivity contribution in [3.8, 4) is 0 Å². The molecule has 2 rings (SSSR count). The summed E-state index contributed by atoms with van der Waals surface area (Å²) in [6.07, 6.45) is 2.21. The topological polar surface area (TPSA) is 69.2 Å². The Kier molecular flexibility index (Phi) is 3.61. The van der Waals surface area contributed by atoms with Gasteiger partial charge in [0.25, 0.3) is 0 Å². The monoisotopic (exact) mass is 225 g/mol. The van der Waals surface area contributed by atoms with E-state index in [9.17, 15) is 0 Å². The number of nitrogens with zero attached hydrogens (tertiary/aromatic N) is 4. The number of rotatable bonds is 4. The number of morpholine rings is 1. The van der Waals surface area contributed by atoms with Crippen LogP contribution in [0.3, 0.4) is 0 Å². The molecule has 0 atom stereocenters. The molecule has 0 radical (unpaired) electrons. The molecule has 0 unspecified atom stereocenters. The average Bonchev–Trinajstić information content (AvgIpc) is 2.69. The predicted molar refractivity (Wildman–Crippen MR) is 62.4 cm³/mol. The second-order valence-corrected chi connectivity index (χ2v) is 3.95. The highest BCUT2D eigenvalue weighted by Crippen LogP contribution is 2.13. The minimum Gasteiger partial charge on any atom is -0.378 e. The van der Waals surface area contributed by atoms with E-state index in [1.165, 1.54) is 0 Å². The molecule has 0 spiro atoms. The van der Waals surface area contributed by atoms with E-state index < -0.39 is 0 Å². The van der Waals surface area contributed by atoms with Gasteiger partial charge in [0.05, 0.1) is 13.2 Å². The lowest BCUT2D eigenvalue weighted by Crippen LogP contribution is -2.37. The van der Waals surface area contributed by atoms with Gasteiger partial charge in [-0.2, -0.15) is 4.98 Å². The highest BCUT2D eigenvalue weighted by molar-refractivity contribution is 5.35. The summed E-state index contributed by atoms with van der Waals surface area (Å²) in [7, 11) is 0. The maximum Gasteiger partial charge on any atom is 0.246 e. The van der Waals surface area contributed by atoms with Gasteiger partial charge in [-0.15, -0.1) is 5.10 Å². The van der Waals surface area contributed by atoms with Crippen molar-refractivity contribution in [2.24, 2.45) is 0 Å². The number of nitrogen functional groups attached to an aromatic ring is 1. The number of aromatic nitrogens is 3. The van der Waals surface area contributed by atoms with Crippen LogP contribution in [-0.2, 0) is 11.3 Å². The molecular weight excluding hydrogens is 206 g/mol. The number of aryl methyl sites for hydroxylation is 1. The first-order valence-electron chi connectivity index (χ1n) is 5.84. The van der Waals surface area contributed by atoms with Crippen molar-refractivity contribution in [2.75, 3.05) is 36.9 Å². The van der Waals surface area contributed by atoms with Crippen LogP contribution in [0.5, 0.6) is 0 Å². The van der Waals surface area contributed by atoms with Crippen LogP contribution < -0.4 is 10.6 Å². The van der Waals surface area contributed by atoms with Crippen molar-refractivity contribution in [3.63, 3.8) is 0 Å². The lowest BCUT2D eigenvalue weighted by atomic mass is 10.3. The standard InChI is InChI=1S/C10H19N5O/c1-2-3-4-15-9(11)12-10(13-15)14-5-7-16-8-6-14/h2-8H2,1H3,(H2,11,12,13). The Bertz CT molecular complexity index is 332. The van der Waals surface area contributed by atoms with Crippen molar-refractivity contribution >= 4 is 11.9 Å². The second kappa shape index (κ2) is 5.16. The highest BCUT2D eigenvalue weighted by atomic mass is 16.5. The zero-order chi connectivity index (χ0) is 11.4. The van der Waals surface area contributed by atoms with Crippen molar-refractivity contribution in [1.82, 2.24) is 14.8 Å². The molecule has 90 valence electrons. The number of hydrogen-bond donors (Lipinski definition) is 1.